The number of sulfonamides is 1. The van der Waals surface area contributed by atoms with Crippen molar-refractivity contribution in [2.75, 3.05) is 13.1 Å². The largest absolute Gasteiger partial charge is 0.335 e. The summed E-state index contributed by atoms with van der Waals surface area (Å²) in [6, 6.07) is 18.2. The predicted octanol–water partition coefficient (Wildman–Crippen LogP) is 3.79. The fourth-order valence-electron chi connectivity index (χ4n) is 4.46. The summed E-state index contributed by atoms with van der Waals surface area (Å²) >= 11 is 0. The summed E-state index contributed by atoms with van der Waals surface area (Å²) < 4.78 is 27.4. The molecule has 168 valence electrons. The van der Waals surface area contributed by atoms with Crippen molar-refractivity contribution < 1.29 is 13.2 Å². The van der Waals surface area contributed by atoms with Crippen molar-refractivity contribution in [2.24, 2.45) is 11.8 Å². The average Bonchev–Trinajstić information content (AvgIpc) is 3.68. The minimum absolute atomic E-state index is 0.142. The summed E-state index contributed by atoms with van der Waals surface area (Å²) in [5.74, 6) is 0.551. The summed E-state index contributed by atoms with van der Waals surface area (Å²) in [5.41, 5.74) is 1.55. The van der Waals surface area contributed by atoms with Crippen LogP contribution in [0.3, 0.4) is 0 Å². The van der Waals surface area contributed by atoms with Crippen LogP contribution in [0.5, 0.6) is 0 Å². The molecule has 1 atom stereocenters. The Hall–Kier alpha value is -2.69. The van der Waals surface area contributed by atoms with Gasteiger partial charge in [-0.3, -0.25) is 4.79 Å². The minimum atomic E-state index is -3.63. The standard InChI is InChI=1S/C25H29N3O3S/c1-19(22-9-10-22)28(18-21-5-3-2-4-6-21)25(29)23-13-15-27(16-14-23)32(30,31)24-11-7-20(17-26)8-12-24/h2-8,11-12,19,22-23H,9-10,13-16,18H2,1H3. The van der Waals surface area contributed by atoms with Crippen LogP contribution < -0.4 is 0 Å². The van der Waals surface area contributed by atoms with E-state index in [4.69, 9.17) is 5.26 Å². The van der Waals surface area contributed by atoms with Gasteiger partial charge in [-0.2, -0.15) is 9.57 Å². The first kappa shape index (κ1) is 22.5. The lowest BCUT2D eigenvalue weighted by Crippen LogP contribution is -2.47. The maximum absolute atomic E-state index is 13.5. The van der Waals surface area contributed by atoms with Crippen LogP contribution in [0, 0.1) is 23.2 Å². The van der Waals surface area contributed by atoms with Gasteiger partial charge in [-0.15, -0.1) is 0 Å². The normalized spacial score (nSPS) is 18.6. The minimum Gasteiger partial charge on any atom is -0.335 e. The molecule has 1 aliphatic carbocycles. The van der Waals surface area contributed by atoms with Crippen LogP contribution in [-0.4, -0.2) is 42.7 Å². The van der Waals surface area contributed by atoms with E-state index in [2.05, 4.69) is 6.92 Å². The van der Waals surface area contributed by atoms with Crippen molar-refractivity contribution in [3.8, 4) is 6.07 Å². The lowest BCUT2D eigenvalue weighted by molar-refractivity contribution is -0.140. The topological polar surface area (TPSA) is 81.5 Å². The molecular weight excluding hydrogens is 422 g/mol. The number of carbonyl (C=O) groups is 1. The molecule has 1 unspecified atom stereocenters. The van der Waals surface area contributed by atoms with Crippen LogP contribution in [0.15, 0.2) is 59.5 Å². The summed E-state index contributed by atoms with van der Waals surface area (Å²) in [6.45, 7) is 3.40. The highest BCUT2D eigenvalue weighted by Gasteiger charge is 2.38. The van der Waals surface area contributed by atoms with Crippen molar-refractivity contribution in [3.63, 3.8) is 0 Å². The van der Waals surface area contributed by atoms with Crippen molar-refractivity contribution in [3.05, 3.63) is 65.7 Å². The summed E-state index contributed by atoms with van der Waals surface area (Å²) in [6.07, 6.45) is 3.38. The molecule has 32 heavy (non-hydrogen) atoms. The Balaban J connectivity index is 1.43. The fraction of sp³-hybridized carbons (Fsp3) is 0.440. The molecule has 2 aromatic carbocycles. The van der Waals surface area contributed by atoms with Gasteiger partial charge in [0.1, 0.15) is 0 Å². The third-order valence-corrected chi connectivity index (χ3v) is 8.61. The third kappa shape index (κ3) is 4.87. The van der Waals surface area contributed by atoms with Gasteiger partial charge >= 0.3 is 0 Å². The molecule has 0 N–H and O–H groups in total. The van der Waals surface area contributed by atoms with E-state index in [0.29, 0.717) is 44.0 Å². The molecule has 4 rings (SSSR count). The number of benzene rings is 2. The van der Waals surface area contributed by atoms with E-state index in [1.807, 2.05) is 41.3 Å². The van der Waals surface area contributed by atoms with Crippen LogP contribution in [0.25, 0.3) is 0 Å². The van der Waals surface area contributed by atoms with Gasteiger partial charge in [-0.1, -0.05) is 30.3 Å². The molecule has 2 aliphatic rings. The first-order chi connectivity index (χ1) is 15.4. The Morgan fingerprint density at radius 3 is 2.25 bits per heavy atom. The number of nitriles is 1. The number of hydrogen-bond acceptors (Lipinski definition) is 4. The van der Waals surface area contributed by atoms with Crippen molar-refractivity contribution >= 4 is 15.9 Å². The highest BCUT2D eigenvalue weighted by atomic mass is 32.2. The number of carbonyl (C=O) groups excluding carboxylic acids is 1. The van der Waals surface area contributed by atoms with Crippen LogP contribution >= 0.6 is 0 Å². The van der Waals surface area contributed by atoms with Gasteiger partial charge < -0.3 is 4.90 Å². The highest BCUT2D eigenvalue weighted by molar-refractivity contribution is 7.89. The van der Waals surface area contributed by atoms with Crippen LogP contribution in [-0.2, 0) is 21.4 Å². The molecule has 2 fully saturated rings. The second-order valence-corrected chi connectivity index (χ2v) is 10.8. The van der Waals surface area contributed by atoms with E-state index >= 15 is 0 Å². The molecule has 0 radical (unpaired) electrons. The Morgan fingerprint density at radius 1 is 1.06 bits per heavy atom. The number of hydrogen-bond donors (Lipinski definition) is 0. The zero-order chi connectivity index (χ0) is 22.7. The molecule has 1 heterocycles. The van der Waals surface area contributed by atoms with Gasteiger partial charge in [0, 0.05) is 31.6 Å². The molecular formula is C25H29N3O3S. The molecule has 7 heteroatoms. The molecule has 1 aliphatic heterocycles. The lowest BCUT2D eigenvalue weighted by Gasteiger charge is -2.36. The molecule has 1 saturated carbocycles. The first-order valence-electron chi connectivity index (χ1n) is 11.2. The molecule has 0 bridgehead atoms. The van der Waals surface area contributed by atoms with Gasteiger partial charge in [-0.05, 0) is 68.4 Å². The molecule has 1 saturated heterocycles. The van der Waals surface area contributed by atoms with E-state index < -0.39 is 10.0 Å². The van der Waals surface area contributed by atoms with E-state index in [1.54, 1.807) is 0 Å². The van der Waals surface area contributed by atoms with Gasteiger partial charge in [0.2, 0.25) is 15.9 Å². The second kappa shape index (κ2) is 9.43. The number of rotatable bonds is 7. The smallest absolute Gasteiger partial charge is 0.243 e. The van der Waals surface area contributed by atoms with E-state index in [0.717, 1.165) is 5.56 Å². The van der Waals surface area contributed by atoms with Gasteiger partial charge in [0.25, 0.3) is 0 Å². The quantitative estimate of drug-likeness (QED) is 0.641. The Bertz CT molecular complexity index is 1080. The average molecular weight is 452 g/mol. The summed E-state index contributed by atoms with van der Waals surface area (Å²) in [7, 11) is -3.63. The number of nitrogens with zero attached hydrogens (tertiary/aromatic N) is 3. The zero-order valence-electron chi connectivity index (χ0n) is 18.4. The predicted molar refractivity (Wildman–Crippen MR) is 122 cm³/mol. The Labute approximate surface area is 190 Å². The van der Waals surface area contributed by atoms with Gasteiger partial charge in [0.15, 0.2) is 0 Å². The zero-order valence-corrected chi connectivity index (χ0v) is 19.2. The summed E-state index contributed by atoms with van der Waals surface area (Å²) in [4.78, 5) is 15.7. The van der Waals surface area contributed by atoms with Gasteiger partial charge in [-0.25, -0.2) is 8.42 Å². The van der Waals surface area contributed by atoms with E-state index in [1.165, 1.54) is 41.4 Å². The molecule has 6 nitrogen and oxygen atoms in total. The van der Waals surface area contributed by atoms with Crippen molar-refractivity contribution in [1.29, 1.82) is 5.26 Å². The fourth-order valence-corrected chi connectivity index (χ4v) is 5.93. The van der Waals surface area contributed by atoms with Crippen LogP contribution in [0.2, 0.25) is 0 Å². The Kier molecular flexibility index (Phi) is 6.63. The number of amides is 1. The molecule has 1 amide bonds. The Morgan fingerprint density at radius 2 is 1.69 bits per heavy atom. The monoisotopic (exact) mass is 451 g/mol. The molecule has 0 spiro atoms. The second-order valence-electron chi connectivity index (χ2n) is 8.84. The van der Waals surface area contributed by atoms with Crippen LogP contribution in [0.1, 0.15) is 43.7 Å². The number of piperidine rings is 1. The third-order valence-electron chi connectivity index (χ3n) is 6.70. The lowest BCUT2D eigenvalue weighted by atomic mass is 9.95. The first-order valence-corrected chi connectivity index (χ1v) is 12.7. The maximum Gasteiger partial charge on any atom is 0.243 e. The van der Waals surface area contributed by atoms with Crippen molar-refractivity contribution in [1.82, 2.24) is 9.21 Å². The maximum atomic E-state index is 13.5. The summed E-state index contributed by atoms with van der Waals surface area (Å²) in [5, 5.41) is 8.93. The van der Waals surface area contributed by atoms with Crippen LogP contribution in [0.4, 0.5) is 0 Å². The van der Waals surface area contributed by atoms with Gasteiger partial charge in [0.05, 0.1) is 16.5 Å². The van der Waals surface area contributed by atoms with Crippen molar-refractivity contribution in [2.45, 2.75) is 50.1 Å². The highest BCUT2D eigenvalue weighted by Crippen LogP contribution is 2.37. The SMILES string of the molecule is CC(C1CC1)N(Cc1ccccc1)C(=O)C1CCN(S(=O)(=O)c2ccc(C#N)cc2)CC1. The molecule has 2 aromatic rings. The van der Waals surface area contributed by atoms with E-state index in [-0.39, 0.29) is 22.8 Å². The van der Waals surface area contributed by atoms with E-state index in [9.17, 15) is 13.2 Å². The molecule has 0 aromatic heterocycles.